The topological polar surface area (TPSA) is 95.1 Å². The van der Waals surface area contributed by atoms with Gasteiger partial charge in [0.05, 0.1) is 32.4 Å². The summed E-state index contributed by atoms with van der Waals surface area (Å²) in [6.45, 7) is 4.06. The first kappa shape index (κ1) is 22.0. The molecule has 0 aliphatic carbocycles. The van der Waals surface area contributed by atoms with Crippen LogP contribution in [0.1, 0.15) is 31.0 Å². The first-order chi connectivity index (χ1) is 15.0. The number of ether oxygens (including phenoxy) is 4. The van der Waals surface area contributed by atoms with E-state index >= 15 is 0 Å². The van der Waals surface area contributed by atoms with E-state index in [9.17, 15) is 9.59 Å². The van der Waals surface area contributed by atoms with Crippen molar-refractivity contribution in [2.24, 2.45) is 0 Å². The van der Waals surface area contributed by atoms with Crippen molar-refractivity contribution in [3.63, 3.8) is 0 Å². The van der Waals surface area contributed by atoms with Crippen LogP contribution in [0.2, 0.25) is 0 Å². The zero-order valence-electron chi connectivity index (χ0n) is 18.0. The second-order valence-electron chi connectivity index (χ2n) is 6.82. The van der Waals surface area contributed by atoms with Crippen molar-refractivity contribution in [3.8, 4) is 17.2 Å². The highest BCUT2D eigenvalue weighted by atomic mass is 16.5. The molecule has 1 aliphatic rings. The normalized spacial score (nSPS) is 15.6. The number of allylic oxidation sites excluding steroid dienone is 1. The molecule has 1 unspecified atom stereocenters. The number of hydrogen-bond donors (Lipinski definition) is 2. The zero-order valence-corrected chi connectivity index (χ0v) is 18.0. The number of carbonyl (C=O) groups is 2. The smallest absolute Gasteiger partial charge is 0.338 e. The van der Waals surface area contributed by atoms with Gasteiger partial charge < -0.3 is 29.6 Å². The molecule has 0 bridgehead atoms. The first-order valence-electron chi connectivity index (χ1n) is 9.86. The molecule has 0 saturated carbocycles. The Morgan fingerprint density at radius 2 is 1.71 bits per heavy atom. The van der Waals surface area contributed by atoms with E-state index in [1.807, 2.05) is 37.3 Å². The number of urea groups is 1. The molecule has 2 N–H and O–H groups in total. The lowest BCUT2D eigenvalue weighted by Gasteiger charge is -2.29. The van der Waals surface area contributed by atoms with Gasteiger partial charge in [-0.2, -0.15) is 0 Å². The number of amides is 2. The van der Waals surface area contributed by atoms with Crippen LogP contribution in [0.3, 0.4) is 0 Å². The van der Waals surface area contributed by atoms with Crippen molar-refractivity contribution < 1.29 is 28.5 Å². The van der Waals surface area contributed by atoms with Crippen LogP contribution >= 0.6 is 0 Å². The van der Waals surface area contributed by atoms with Gasteiger partial charge >= 0.3 is 12.0 Å². The third kappa shape index (κ3) is 4.91. The molecule has 31 heavy (non-hydrogen) atoms. The van der Waals surface area contributed by atoms with Crippen molar-refractivity contribution >= 4 is 12.0 Å². The summed E-state index contributed by atoms with van der Waals surface area (Å²) >= 11 is 0. The second kappa shape index (κ2) is 9.88. The predicted octanol–water partition coefficient (Wildman–Crippen LogP) is 3.47. The van der Waals surface area contributed by atoms with E-state index in [-0.39, 0.29) is 6.61 Å². The highest BCUT2D eigenvalue weighted by Gasteiger charge is 2.33. The molecular weight excluding hydrogens is 400 g/mol. The van der Waals surface area contributed by atoms with Crippen LogP contribution in [0.25, 0.3) is 0 Å². The molecule has 8 heteroatoms. The Kier molecular flexibility index (Phi) is 7.02. The lowest BCUT2D eigenvalue weighted by Crippen LogP contribution is -2.45. The minimum Gasteiger partial charge on any atom is -0.493 e. The Hall–Kier alpha value is -3.68. The highest BCUT2D eigenvalue weighted by Crippen LogP contribution is 2.42. The molecule has 2 amide bonds. The number of nitrogens with one attached hydrogen (secondary N) is 2. The molecule has 164 valence electrons. The Morgan fingerprint density at radius 3 is 2.29 bits per heavy atom. The molecule has 0 fully saturated rings. The zero-order chi connectivity index (χ0) is 22.4. The van der Waals surface area contributed by atoms with Crippen LogP contribution in [-0.2, 0) is 16.1 Å². The summed E-state index contributed by atoms with van der Waals surface area (Å²) in [5.74, 6) is 0.772. The monoisotopic (exact) mass is 426 g/mol. The third-order valence-electron chi connectivity index (χ3n) is 4.81. The standard InChI is InChI=1S/C23H26N2O6/c1-5-30-21-17(28-3)11-16(12-18(21)29-4)20-19(14(2)24-23(27)25-20)22(26)31-13-15-9-7-6-8-10-15/h6-12,20H,5,13H2,1-4H3,(H2,24,25,27). The lowest BCUT2D eigenvalue weighted by atomic mass is 9.95. The van der Waals surface area contributed by atoms with E-state index in [1.165, 1.54) is 14.2 Å². The quantitative estimate of drug-likeness (QED) is 0.628. The van der Waals surface area contributed by atoms with Crippen molar-refractivity contribution in [2.45, 2.75) is 26.5 Å². The van der Waals surface area contributed by atoms with Crippen molar-refractivity contribution in [2.75, 3.05) is 20.8 Å². The van der Waals surface area contributed by atoms with Gasteiger partial charge in [0.1, 0.15) is 6.61 Å². The van der Waals surface area contributed by atoms with Crippen LogP contribution in [-0.4, -0.2) is 32.8 Å². The molecule has 3 rings (SSSR count). The van der Waals surface area contributed by atoms with Crippen molar-refractivity contribution in [3.05, 3.63) is 64.9 Å². The van der Waals surface area contributed by atoms with Crippen LogP contribution in [0.15, 0.2) is 53.7 Å². The lowest BCUT2D eigenvalue weighted by molar-refractivity contribution is -0.140. The summed E-state index contributed by atoms with van der Waals surface area (Å²) in [4.78, 5) is 25.2. The fraction of sp³-hybridized carbons (Fsp3) is 0.304. The van der Waals surface area contributed by atoms with Crippen LogP contribution in [0.5, 0.6) is 17.2 Å². The maximum absolute atomic E-state index is 13.0. The fourth-order valence-electron chi connectivity index (χ4n) is 3.37. The van der Waals surface area contributed by atoms with Gasteiger partial charge in [0.25, 0.3) is 0 Å². The average molecular weight is 426 g/mol. The highest BCUT2D eigenvalue weighted by molar-refractivity contribution is 5.95. The molecule has 1 heterocycles. The fourth-order valence-corrected chi connectivity index (χ4v) is 3.37. The van der Waals surface area contributed by atoms with Crippen LogP contribution in [0, 0.1) is 0 Å². The molecule has 0 saturated heterocycles. The van der Waals surface area contributed by atoms with Gasteiger partial charge in [-0.1, -0.05) is 30.3 Å². The summed E-state index contributed by atoms with van der Waals surface area (Å²) in [5.41, 5.74) is 2.17. The van der Waals surface area contributed by atoms with E-state index in [0.717, 1.165) is 5.56 Å². The van der Waals surface area contributed by atoms with E-state index in [0.29, 0.717) is 40.7 Å². The number of rotatable bonds is 8. The maximum Gasteiger partial charge on any atom is 0.338 e. The minimum absolute atomic E-state index is 0.118. The molecule has 1 aliphatic heterocycles. The Labute approximate surface area is 181 Å². The minimum atomic E-state index is -0.754. The van der Waals surface area contributed by atoms with Crippen LogP contribution in [0.4, 0.5) is 4.79 Å². The molecule has 2 aromatic carbocycles. The number of carbonyl (C=O) groups excluding carboxylic acids is 2. The molecule has 0 aromatic heterocycles. The van der Waals surface area contributed by atoms with Gasteiger partial charge in [0.2, 0.25) is 5.75 Å². The summed E-state index contributed by atoms with van der Waals surface area (Å²) in [5, 5.41) is 5.42. The van der Waals surface area contributed by atoms with Gasteiger partial charge in [-0.25, -0.2) is 9.59 Å². The van der Waals surface area contributed by atoms with E-state index in [1.54, 1.807) is 19.1 Å². The van der Waals surface area contributed by atoms with Crippen LogP contribution < -0.4 is 24.8 Å². The first-order valence-corrected chi connectivity index (χ1v) is 9.86. The average Bonchev–Trinajstić information content (AvgIpc) is 2.77. The van der Waals surface area contributed by atoms with Gasteiger partial charge in [-0.3, -0.25) is 0 Å². The van der Waals surface area contributed by atoms with Gasteiger partial charge in [0, 0.05) is 5.70 Å². The molecule has 0 spiro atoms. The van der Waals surface area contributed by atoms with E-state index < -0.39 is 18.0 Å². The molecule has 0 radical (unpaired) electrons. The Morgan fingerprint density at radius 1 is 1.06 bits per heavy atom. The molecular formula is C23H26N2O6. The van der Waals surface area contributed by atoms with Gasteiger partial charge in [-0.15, -0.1) is 0 Å². The van der Waals surface area contributed by atoms with Crippen molar-refractivity contribution in [1.29, 1.82) is 0 Å². The molecule has 1 atom stereocenters. The number of benzene rings is 2. The largest absolute Gasteiger partial charge is 0.493 e. The Balaban J connectivity index is 1.96. The Bertz CT molecular complexity index is 962. The van der Waals surface area contributed by atoms with Gasteiger partial charge in [-0.05, 0) is 37.1 Å². The van der Waals surface area contributed by atoms with E-state index in [4.69, 9.17) is 18.9 Å². The summed E-state index contributed by atoms with van der Waals surface area (Å²) in [7, 11) is 3.02. The summed E-state index contributed by atoms with van der Waals surface area (Å²) < 4.78 is 22.1. The number of methoxy groups -OCH3 is 2. The summed E-state index contributed by atoms with van der Waals surface area (Å²) in [6.07, 6.45) is 0. The second-order valence-corrected chi connectivity index (χ2v) is 6.82. The number of hydrogen-bond acceptors (Lipinski definition) is 6. The number of esters is 1. The predicted molar refractivity (Wildman–Crippen MR) is 114 cm³/mol. The van der Waals surface area contributed by atoms with E-state index in [2.05, 4.69) is 10.6 Å². The SMILES string of the molecule is CCOc1c(OC)cc(C2NC(=O)NC(C)=C2C(=O)OCc2ccccc2)cc1OC. The maximum atomic E-state index is 13.0. The van der Waals surface area contributed by atoms with Gasteiger partial charge in [0.15, 0.2) is 11.5 Å². The molecule has 2 aromatic rings. The third-order valence-corrected chi connectivity index (χ3v) is 4.81. The molecule has 8 nitrogen and oxygen atoms in total. The van der Waals surface area contributed by atoms with Crippen molar-refractivity contribution in [1.82, 2.24) is 10.6 Å². The summed E-state index contributed by atoms with van der Waals surface area (Å²) in [6, 6.07) is 11.6.